The Bertz CT molecular complexity index is 786. The van der Waals surface area contributed by atoms with Crippen molar-refractivity contribution in [2.75, 3.05) is 20.3 Å². The summed E-state index contributed by atoms with van der Waals surface area (Å²) in [5.41, 5.74) is 0.747. The van der Waals surface area contributed by atoms with Gasteiger partial charge in [-0.3, -0.25) is 9.59 Å². The number of hydrogen-bond acceptors (Lipinski definition) is 5. The zero-order chi connectivity index (χ0) is 16.4. The van der Waals surface area contributed by atoms with Gasteiger partial charge < -0.3 is 19.8 Å². The highest BCUT2D eigenvalue weighted by Crippen LogP contribution is 2.14. The van der Waals surface area contributed by atoms with Gasteiger partial charge in [-0.1, -0.05) is 0 Å². The van der Waals surface area contributed by atoms with Gasteiger partial charge in [0.2, 0.25) is 0 Å². The van der Waals surface area contributed by atoms with Crippen LogP contribution in [-0.4, -0.2) is 48.3 Å². The van der Waals surface area contributed by atoms with Crippen LogP contribution in [0.1, 0.15) is 22.6 Å². The van der Waals surface area contributed by atoms with E-state index in [-0.39, 0.29) is 23.6 Å². The van der Waals surface area contributed by atoms with Crippen LogP contribution >= 0.6 is 0 Å². The second-order valence-electron chi connectivity index (χ2n) is 5.60. The van der Waals surface area contributed by atoms with Crippen LogP contribution in [0.25, 0.3) is 10.9 Å². The van der Waals surface area contributed by atoms with E-state index < -0.39 is 0 Å². The van der Waals surface area contributed by atoms with Crippen LogP contribution in [0.4, 0.5) is 0 Å². The molecule has 0 saturated carbocycles. The van der Waals surface area contributed by atoms with Crippen LogP contribution in [-0.2, 0) is 9.47 Å². The fourth-order valence-corrected chi connectivity index (χ4v) is 2.78. The molecular formula is C16H19N3O4. The molecule has 122 valence electrons. The Balaban J connectivity index is 1.84. The lowest BCUT2D eigenvalue weighted by Gasteiger charge is -2.31. The quantitative estimate of drug-likeness (QED) is 0.872. The maximum Gasteiger partial charge on any atom is 0.258 e. The molecule has 0 spiro atoms. The van der Waals surface area contributed by atoms with E-state index >= 15 is 0 Å². The molecule has 0 unspecified atom stereocenters. The molecule has 7 heteroatoms. The third-order valence-corrected chi connectivity index (χ3v) is 4.00. The molecular weight excluding hydrogens is 298 g/mol. The van der Waals surface area contributed by atoms with E-state index in [1.807, 2.05) is 0 Å². The molecule has 2 atom stereocenters. The van der Waals surface area contributed by atoms with Crippen LogP contribution in [0.5, 0.6) is 0 Å². The van der Waals surface area contributed by atoms with Crippen molar-refractivity contribution < 1.29 is 14.3 Å². The maximum atomic E-state index is 12.5. The number of carbonyl (C=O) groups is 1. The first kappa shape index (κ1) is 15.6. The lowest BCUT2D eigenvalue weighted by atomic mass is 10.1. The first-order valence-corrected chi connectivity index (χ1v) is 7.50. The number of benzene rings is 1. The summed E-state index contributed by atoms with van der Waals surface area (Å²) in [4.78, 5) is 31.2. The summed E-state index contributed by atoms with van der Waals surface area (Å²) in [6.45, 7) is 2.76. The summed E-state index contributed by atoms with van der Waals surface area (Å²) in [7, 11) is 1.63. The molecule has 1 fully saturated rings. The Morgan fingerprint density at radius 1 is 1.48 bits per heavy atom. The van der Waals surface area contributed by atoms with Gasteiger partial charge >= 0.3 is 0 Å². The first-order valence-electron chi connectivity index (χ1n) is 7.50. The third-order valence-electron chi connectivity index (χ3n) is 4.00. The second kappa shape index (κ2) is 6.47. The zero-order valence-corrected chi connectivity index (χ0v) is 13.1. The molecule has 1 aliphatic rings. The number of nitrogens with one attached hydrogen (secondary N) is 2. The summed E-state index contributed by atoms with van der Waals surface area (Å²) in [5, 5.41) is 3.39. The standard InChI is InChI=1S/C16H19N3O4/c1-9-17-12-7-10(3-4-11(12)16(21)18-9)15(20)19-13-8-23-6-5-14(13)22-2/h3-4,7,13-14H,5-6,8H2,1-2H3,(H,19,20)(H,17,18,21)/t13-,14-/m1/s1. The highest BCUT2D eigenvalue weighted by atomic mass is 16.5. The lowest BCUT2D eigenvalue weighted by molar-refractivity contribution is -0.0349. The fourth-order valence-electron chi connectivity index (χ4n) is 2.78. The monoisotopic (exact) mass is 317 g/mol. The second-order valence-corrected chi connectivity index (χ2v) is 5.60. The molecule has 2 aromatic rings. The maximum absolute atomic E-state index is 12.5. The highest BCUT2D eigenvalue weighted by molar-refractivity contribution is 5.97. The number of aryl methyl sites for hydroxylation is 1. The largest absolute Gasteiger partial charge is 0.379 e. The molecule has 0 bridgehead atoms. The number of rotatable bonds is 3. The summed E-state index contributed by atoms with van der Waals surface area (Å²) in [6, 6.07) is 4.67. The van der Waals surface area contributed by atoms with Crippen molar-refractivity contribution in [2.45, 2.75) is 25.5 Å². The molecule has 1 aromatic carbocycles. The van der Waals surface area contributed by atoms with E-state index in [0.717, 1.165) is 6.42 Å². The molecule has 1 aromatic heterocycles. The number of aromatic amines is 1. The number of nitrogens with zero attached hydrogens (tertiary/aromatic N) is 1. The minimum Gasteiger partial charge on any atom is -0.379 e. The zero-order valence-electron chi connectivity index (χ0n) is 13.1. The van der Waals surface area contributed by atoms with Gasteiger partial charge in [0.15, 0.2) is 0 Å². The van der Waals surface area contributed by atoms with Crippen molar-refractivity contribution in [1.82, 2.24) is 15.3 Å². The number of methoxy groups -OCH3 is 1. The third kappa shape index (κ3) is 3.25. The first-order chi connectivity index (χ1) is 11.1. The van der Waals surface area contributed by atoms with Gasteiger partial charge in [0.05, 0.1) is 29.7 Å². The molecule has 7 nitrogen and oxygen atoms in total. The predicted octanol–water partition coefficient (Wildman–Crippen LogP) is 0.765. The van der Waals surface area contributed by atoms with Crippen LogP contribution in [0, 0.1) is 6.92 Å². The van der Waals surface area contributed by atoms with E-state index in [1.54, 1.807) is 32.2 Å². The van der Waals surface area contributed by atoms with Gasteiger partial charge in [-0.05, 0) is 31.5 Å². The number of carbonyl (C=O) groups excluding carboxylic acids is 1. The number of H-pyrrole nitrogens is 1. The van der Waals surface area contributed by atoms with Crippen molar-refractivity contribution in [3.63, 3.8) is 0 Å². The van der Waals surface area contributed by atoms with E-state index in [1.165, 1.54) is 0 Å². The molecule has 1 saturated heterocycles. The van der Waals surface area contributed by atoms with Crippen molar-refractivity contribution in [1.29, 1.82) is 0 Å². The Hall–Kier alpha value is -2.25. The Morgan fingerprint density at radius 3 is 3.09 bits per heavy atom. The van der Waals surface area contributed by atoms with Gasteiger partial charge in [0, 0.05) is 19.3 Å². The predicted molar refractivity (Wildman–Crippen MR) is 84.6 cm³/mol. The lowest BCUT2D eigenvalue weighted by Crippen LogP contribution is -2.50. The summed E-state index contributed by atoms with van der Waals surface area (Å²) in [5.74, 6) is 0.282. The van der Waals surface area contributed by atoms with Crippen LogP contribution in [0.15, 0.2) is 23.0 Å². The summed E-state index contributed by atoms with van der Waals surface area (Å²) in [6.07, 6.45) is 0.686. The number of aromatic nitrogens is 2. The van der Waals surface area contributed by atoms with E-state index in [2.05, 4.69) is 15.3 Å². The Labute approximate surface area is 133 Å². The topological polar surface area (TPSA) is 93.3 Å². The number of hydrogen-bond donors (Lipinski definition) is 2. The van der Waals surface area contributed by atoms with E-state index in [9.17, 15) is 9.59 Å². The van der Waals surface area contributed by atoms with E-state index in [0.29, 0.717) is 35.5 Å². The van der Waals surface area contributed by atoms with Gasteiger partial charge in [0.1, 0.15) is 5.82 Å². The average molecular weight is 317 g/mol. The number of ether oxygens (including phenoxy) is 2. The minimum absolute atomic E-state index is 0.0589. The van der Waals surface area contributed by atoms with E-state index in [4.69, 9.17) is 9.47 Å². The van der Waals surface area contributed by atoms with Gasteiger partial charge in [-0.2, -0.15) is 0 Å². The van der Waals surface area contributed by atoms with Gasteiger partial charge in [-0.15, -0.1) is 0 Å². The Kier molecular flexibility index (Phi) is 4.40. The highest BCUT2D eigenvalue weighted by Gasteiger charge is 2.27. The van der Waals surface area contributed by atoms with Crippen molar-refractivity contribution in [3.05, 3.63) is 39.9 Å². The molecule has 0 radical (unpaired) electrons. The van der Waals surface area contributed by atoms with Gasteiger partial charge in [0.25, 0.3) is 11.5 Å². The number of fused-ring (bicyclic) bond motifs is 1. The summed E-state index contributed by atoms with van der Waals surface area (Å²) < 4.78 is 10.8. The van der Waals surface area contributed by atoms with Crippen molar-refractivity contribution in [3.8, 4) is 0 Å². The average Bonchev–Trinajstić information content (AvgIpc) is 2.54. The van der Waals surface area contributed by atoms with Crippen LogP contribution in [0.3, 0.4) is 0 Å². The van der Waals surface area contributed by atoms with Crippen molar-refractivity contribution in [2.24, 2.45) is 0 Å². The molecule has 3 rings (SSSR count). The smallest absolute Gasteiger partial charge is 0.258 e. The fraction of sp³-hybridized carbons (Fsp3) is 0.438. The summed E-state index contributed by atoms with van der Waals surface area (Å²) >= 11 is 0. The molecule has 1 aliphatic heterocycles. The number of amides is 1. The molecule has 2 heterocycles. The van der Waals surface area contributed by atoms with Crippen LogP contribution in [0.2, 0.25) is 0 Å². The molecule has 2 N–H and O–H groups in total. The minimum atomic E-state index is -0.232. The normalized spacial score (nSPS) is 21.3. The molecule has 1 amide bonds. The van der Waals surface area contributed by atoms with Crippen molar-refractivity contribution >= 4 is 16.8 Å². The Morgan fingerprint density at radius 2 is 2.30 bits per heavy atom. The molecule has 0 aliphatic carbocycles. The van der Waals surface area contributed by atoms with Crippen LogP contribution < -0.4 is 10.9 Å². The van der Waals surface area contributed by atoms with Gasteiger partial charge in [-0.25, -0.2) is 4.98 Å². The SMILES string of the molecule is CO[C@@H]1CCOC[C@H]1NC(=O)c1ccc2c(=O)[nH]c(C)nc2c1. The molecule has 23 heavy (non-hydrogen) atoms.